The first-order valence-corrected chi connectivity index (χ1v) is 8.37. The molecular formula is C18H25N3O2. The van der Waals surface area contributed by atoms with Gasteiger partial charge in [0.05, 0.1) is 5.71 Å². The molecule has 1 aromatic rings. The zero-order chi connectivity index (χ0) is 16.7. The van der Waals surface area contributed by atoms with E-state index in [1.54, 1.807) is 18.3 Å². The molecule has 0 spiro atoms. The van der Waals surface area contributed by atoms with E-state index in [0.29, 0.717) is 29.0 Å². The first-order valence-electron chi connectivity index (χ1n) is 8.37. The second kappa shape index (κ2) is 8.46. The van der Waals surface area contributed by atoms with Crippen LogP contribution in [-0.2, 0) is 0 Å². The summed E-state index contributed by atoms with van der Waals surface area (Å²) in [7, 11) is 0. The summed E-state index contributed by atoms with van der Waals surface area (Å²) in [4.78, 5) is 19.1. The smallest absolute Gasteiger partial charge is 0.209 e. The van der Waals surface area contributed by atoms with E-state index in [-0.39, 0.29) is 5.78 Å². The van der Waals surface area contributed by atoms with Gasteiger partial charge in [0.2, 0.25) is 5.78 Å². The van der Waals surface area contributed by atoms with Gasteiger partial charge in [0.15, 0.2) is 0 Å². The van der Waals surface area contributed by atoms with E-state index in [9.17, 15) is 10.0 Å². The van der Waals surface area contributed by atoms with Gasteiger partial charge >= 0.3 is 0 Å². The van der Waals surface area contributed by atoms with Gasteiger partial charge in [0.1, 0.15) is 5.69 Å². The Morgan fingerprint density at radius 1 is 1.30 bits per heavy atom. The van der Waals surface area contributed by atoms with Crippen molar-refractivity contribution >= 4 is 11.5 Å². The van der Waals surface area contributed by atoms with Gasteiger partial charge in [-0.2, -0.15) is 0 Å². The van der Waals surface area contributed by atoms with Crippen LogP contribution in [-0.4, -0.2) is 39.7 Å². The molecule has 2 rings (SSSR count). The van der Waals surface area contributed by atoms with Crippen molar-refractivity contribution in [1.29, 1.82) is 0 Å². The van der Waals surface area contributed by atoms with E-state index in [4.69, 9.17) is 0 Å². The standard InChI is InChI=1S/C18H25N3O2/c1-3-5-10-21(11-6-4-2)13-14-12-16(20-23)15-8-7-9-19-17(15)18(14)22/h7-9,13,23H,3-6,10-12H2,1-2H3. The summed E-state index contributed by atoms with van der Waals surface area (Å²) in [6.45, 7) is 6.20. The number of nitrogens with zero attached hydrogens (tertiary/aromatic N) is 3. The predicted molar refractivity (Wildman–Crippen MR) is 91.0 cm³/mol. The van der Waals surface area contributed by atoms with E-state index in [1.165, 1.54) is 0 Å². The van der Waals surface area contributed by atoms with Gasteiger partial charge in [0.25, 0.3) is 0 Å². The number of hydrogen-bond acceptors (Lipinski definition) is 5. The molecule has 1 aliphatic carbocycles. The van der Waals surface area contributed by atoms with Crippen LogP contribution in [0.1, 0.15) is 62.0 Å². The second-order valence-corrected chi connectivity index (χ2v) is 5.85. The number of carbonyl (C=O) groups excluding carboxylic acids is 1. The van der Waals surface area contributed by atoms with Gasteiger partial charge in [-0.15, -0.1) is 0 Å². The maximum Gasteiger partial charge on any atom is 0.209 e. The molecule has 0 atom stereocenters. The number of fused-ring (bicyclic) bond motifs is 1. The molecule has 5 nitrogen and oxygen atoms in total. The van der Waals surface area contributed by atoms with Crippen molar-refractivity contribution in [2.24, 2.45) is 5.16 Å². The van der Waals surface area contributed by atoms with Crippen LogP contribution in [0.5, 0.6) is 0 Å². The third-order valence-corrected chi connectivity index (χ3v) is 4.04. The zero-order valence-corrected chi connectivity index (χ0v) is 14.0. The number of carbonyl (C=O) groups is 1. The quantitative estimate of drug-likeness (QED) is 0.474. The maximum absolute atomic E-state index is 12.7. The summed E-state index contributed by atoms with van der Waals surface area (Å²) in [5.74, 6) is -0.0639. The van der Waals surface area contributed by atoms with Crippen molar-refractivity contribution in [3.8, 4) is 0 Å². The fourth-order valence-electron chi connectivity index (χ4n) is 2.70. The number of oxime groups is 1. The highest BCUT2D eigenvalue weighted by Crippen LogP contribution is 2.24. The molecule has 0 radical (unpaired) electrons. The van der Waals surface area contributed by atoms with Gasteiger partial charge in [-0.1, -0.05) is 31.8 Å². The van der Waals surface area contributed by atoms with E-state index >= 15 is 0 Å². The third kappa shape index (κ3) is 4.18. The number of unbranched alkanes of at least 4 members (excludes halogenated alkanes) is 2. The number of Topliss-reactive ketones (excluding diaryl/α,β-unsaturated/α-hetero) is 1. The molecule has 0 bridgehead atoms. The Balaban J connectivity index is 2.28. The average Bonchev–Trinajstić information content (AvgIpc) is 2.59. The van der Waals surface area contributed by atoms with Crippen LogP contribution in [0.4, 0.5) is 0 Å². The molecule has 1 heterocycles. The molecule has 1 aliphatic rings. The third-order valence-electron chi connectivity index (χ3n) is 4.04. The number of ketones is 1. The summed E-state index contributed by atoms with van der Waals surface area (Å²) < 4.78 is 0. The monoisotopic (exact) mass is 315 g/mol. The Morgan fingerprint density at radius 2 is 2.00 bits per heavy atom. The van der Waals surface area contributed by atoms with Gasteiger partial charge < -0.3 is 10.1 Å². The Morgan fingerprint density at radius 3 is 2.61 bits per heavy atom. The van der Waals surface area contributed by atoms with Crippen LogP contribution in [0.2, 0.25) is 0 Å². The van der Waals surface area contributed by atoms with Crippen LogP contribution in [0.15, 0.2) is 35.3 Å². The van der Waals surface area contributed by atoms with E-state index in [1.807, 2.05) is 6.20 Å². The normalized spacial score (nSPS) is 17.6. The minimum atomic E-state index is -0.0639. The lowest BCUT2D eigenvalue weighted by molar-refractivity contribution is 0.102. The predicted octanol–water partition coefficient (Wildman–Crippen LogP) is 3.63. The molecule has 0 saturated carbocycles. The summed E-state index contributed by atoms with van der Waals surface area (Å²) in [5.41, 5.74) is 2.16. The molecule has 0 saturated heterocycles. The highest BCUT2D eigenvalue weighted by atomic mass is 16.4. The van der Waals surface area contributed by atoms with Crippen LogP contribution >= 0.6 is 0 Å². The van der Waals surface area contributed by atoms with Gasteiger partial charge in [-0.25, -0.2) is 0 Å². The van der Waals surface area contributed by atoms with Crippen LogP contribution in [0.3, 0.4) is 0 Å². The highest BCUT2D eigenvalue weighted by Gasteiger charge is 2.28. The number of hydrogen-bond donors (Lipinski definition) is 1. The van der Waals surface area contributed by atoms with Crippen molar-refractivity contribution in [3.63, 3.8) is 0 Å². The fourth-order valence-corrected chi connectivity index (χ4v) is 2.70. The van der Waals surface area contributed by atoms with Gasteiger partial charge in [-0.3, -0.25) is 9.78 Å². The largest absolute Gasteiger partial charge is 0.411 e. The Hall–Kier alpha value is -2.17. The van der Waals surface area contributed by atoms with Crippen molar-refractivity contribution in [3.05, 3.63) is 41.4 Å². The lowest BCUT2D eigenvalue weighted by Gasteiger charge is -2.24. The van der Waals surface area contributed by atoms with E-state index in [2.05, 4.69) is 28.9 Å². The van der Waals surface area contributed by atoms with Gasteiger partial charge in [-0.05, 0) is 25.0 Å². The molecule has 1 N–H and O–H groups in total. The molecule has 5 heteroatoms. The van der Waals surface area contributed by atoms with Gasteiger partial charge in [0, 0.05) is 43.0 Å². The van der Waals surface area contributed by atoms with Crippen LogP contribution in [0.25, 0.3) is 0 Å². The SMILES string of the molecule is CCCCN(C=C1CC(=NO)c2cccnc2C1=O)CCCC. The van der Waals surface area contributed by atoms with Crippen molar-refractivity contribution in [2.45, 2.75) is 46.0 Å². The molecule has 0 aliphatic heterocycles. The molecule has 0 fully saturated rings. The molecule has 124 valence electrons. The Kier molecular flexibility index (Phi) is 6.32. The molecule has 23 heavy (non-hydrogen) atoms. The second-order valence-electron chi connectivity index (χ2n) is 5.85. The minimum absolute atomic E-state index is 0.0639. The lowest BCUT2D eigenvalue weighted by Crippen LogP contribution is -2.26. The van der Waals surface area contributed by atoms with E-state index < -0.39 is 0 Å². The minimum Gasteiger partial charge on any atom is -0.411 e. The molecular weight excluding hydrogens is 290 g/mol. The number of aromatic nitrogens is 1. The Labute approximate surface area is 137 Å². The summed E-state index contributed by atoms with van der Waals surface area (Å²) in [6.07, 6.45) is 8.32. The molecule has 0 amide bonds. The van der Waals surface area contributed by atoms with Crippen molar-refractivity contribution in [2.75, 3.05) is 13.1 Å². The Bertz CT molecular complexity index is 600. The number of pyridine rings is 1. The zero-order valence-electron chi connectivity index (χ0n) is 14.0. The lowest BCUT2D eigenvalue weighted by atomic mass is 9.89. The summed E-state index contributed by atoms with van der Waals surface area (Å²) >= 11 is 0. The highest BCUT2D eigenvalue weighted by molar-refractivity contribution is 6.22. The van der Waals surface area contributed by atoms with Crippen molar-refractivity contribution in [1.82, 2.24) is 9.88 Å². The molecule has 0 aromatic carbocycles. The number of allylic oxidation sites excluding steroid dienone is 1. The fraction of sp³-hybridized carbons (Fsp3) is 0.500. The first-order chi connectivity index (χ1) is 11.2. The van der Waals surface area contributed by atoms with Crippen LogP contribution < -0.4 is 0 Å². The van der Waals surface area contributed by atoms with Crippen LogP contribution in [0, 0.1) is 0 Å². The summed E-state index contributed by atoms with van der Waals surface area (Å²) in [6, 6.07) is 3.53. The van der Waals surface area contributed by atoms with E-state index in [0.717, 1.165) is 38.8 Å². The maximum atomic E-state index is 12.7. The molecule has 0 unspecified atom stereocenters. The van der Waals surface area contributed by atoms with Crippen molar-refractivity contribution < 1.29 is 10.0 Å². The summed E-state index contributed by atoms with van der Waals surface area (Å²) in [5, 5.41) is 12.6. The average molecular weight is 315 g/mol. The topological polar surface area (TPSA) is 65.8 Å². The number of rotatable bonds is 7. The molecule has 1 aromatic heterocycles. The first kappa shape index (κ1) is 17.2.